The molecule has 1 aliphatic heterocycles. The van der Waals surface area contributed by atoms with Crippen LogP contribution in [0, 0.1) is 0 Å². The highest BCUT2D eigenvalue weighted by Crippen LogP contribution is 2.30. The van der Waals surface area contributed by atoms with Crippen LogP contribution >= 0.6 is 0 Å². The van der Waals surface area contributed by atoms with Gasteiger partial charge in [-0.1, -0.05) is 6.92 Å². The topological polar surface area (TPSA) is 100 Å². The van der Waals surface area contributed by atoms with Crippen molar-refractivity contribution in [3.8, 4) is 0 Å². The van der Waals surface area contributed by atoms with Gasteiger partial charge in [-0.3, -0.25) is 0 Å². The van der Waals surface area contributed by atoms with E-state index in [1.165, 1.54) is 0 Å². The predicted octanol–water partition coefficient (Wildman–Crippen LogP) is 0.228. The molecule has 0 bridgehead atoms. The number of nitrogens with zero attached hydrogens (tertiary/aromatic N) is 3. The van der Waals surface area contributed by atoms with Crippen LogP contribution in [0.15, 0.2) is 5.16 Å². The van der Waals surface area contributed by atoms with Crippen molar-refractivity contribution in [2.45, 2.75) is 50.4 Å². The van der Waals surface area contributed by atoms with Crippen molar-refractivity contribution in [2.75, 3.05) is 6.61 Å². The summed E-state index contributed by atoms with van der Waals surface area (Å²) in [4.78, 5) is 0. The van der Waals surface area contributed by atoms with Gasteiger partial charge in [0.1, 0.15) is 5.82 Å². The van der Waals surface area contributed by atoms with Gasteiger partial charge in [-0.25, -0.2) is 13.6 Å². The fourth-order valence-corrected chi connectivity index (χ4v) is 2.94. The maximum absolute atomic E-state index is 11.5. The van der Waals surface area contributed by atoms with Crippen LogP contribution < -0.4 is 5.14 Å². The maximum atomic E-state index is 11.5. The fraction of sp³-hybridized carbons (Fsp3) is 0.800. The van der Waals surface area contributed by atoms with Gasteiger partial charge in [-0.2, -0.15) is 0 Å². The summed E-state index contributed by atoms with van der Waals surface area (Å²) in [5, 5.41) is 12.7. The number of hydrogen-bond donors (Lipinski definition) is 1. The van der Waals surface area contributed by atoms with Crippen LogP contribution in [0.2, 0.25) is 0 Å². The lowest BCUT2D eigenvalue weighted by Crippen LogP contribution is -2.21. The summed E-state index contributed by atoms with van der Waals surface area (Å²) < 4.78 is 30.0. The molecule has 2 rings (SSSR count). The van der Waals surface area contributed by atoms with E-state index in [1.54, 1.807) is 4.57 Å². The third kappa shape index (κ3) is 2.40. The van der Waals surface area contributed by atoms with Crippen molar-refractivity contribution in [3.05, 3.63) is 5.82 Å². The zero-order chi connectivity index (χ0) is 13.3. The van der Waals surface area contributed by atoms with Gasteiger partial charge in [0, 0.05) is 19.1 Å². The highest BCUT2D eigenvalue weighted by molar-refractivity contribution is 7.89. The molecular weight excluding hydrogens is 256 g/mol. The molecule has 18 heavy (non-hydrogen) atoms. The Morgan fingerprint density at radius 1 is 1.50 bits per heavy atom. The minimum absolute atomic E-state index is 0.0261. The molecule has 0 aromatic carbocycles. The average Bonchev–Trinajstić information content (AvgIpc) is 2.84. The minimum Gasteiger partial charge on any atom is -0.378 e. The lowest BCUT2D eigenvalue weighted by Gasteiger charge is -2.15. The summed E-state index contributed by atoms with van der Waals surface area (Å²) in [6.07, 6.45) is 1.64. The molecule has 0 aliphatic carbocycles. The summed E-state index contributed by atoms with van der Waals surface area (Å²) in [5.74, 6) is 0.741. The molecule has 0 saturated carbocycles. The molecule has 2 atom stereocenters. The molecule has 8 heteroatoms. The van der Waals surface area contributed by atoms with Gasteiger partial charge in [0.15, 0.2) is 0 Å². The first-order valence-corrected chi connectivity index (χ1v) is 7.57. The number of aromatic nitrogens is 3. The molecule has 0 spiro atoms. The summed E-state index contributed by atoms with van der Waals surface area (Å²) in [6, 6.07) is 0. The van der Waals surface area contributed by atoms with Crippen molar-refractivity contribution in [2.24, 2.45) is 5.14 Å². The molecule has 2 N–H and O–H groups in total. The fourth-order valence-electron chi connectivity index (χ4n) is 2.29. The second kappa shape index (κ2) is 4.94. The van der Waals surface area contributed by atoms with Crippen molar-refractivity contribution >= 4 is 10.0 Å². The van der Waals surface area contributed by atoms with Gasteiger partial charge in [0.2, 0.25) is 0 Å². The highest BCUT2D eigenvalue weighted by Gasteiger charge is 2.32. The molecule has 1 aromatic rings. The molecule has 1 aromatic heterocycles. The third-order valence-electron chi connectivity index (χ3n) is 3.16. The molecule has 0 amide bonds. The molecule has 1 fully saturated rings. The van der Waals surface area contributed by atoms with E-state index >= 15 is 0 Å². The summed E-state index contributed by atoms with van der Waals surface area (Å²) >= 11 is 0. The first-order chi connectivity index (χ1) is 8.45. The van der Waals surface area contributed by atoms with Crippen molar-refractivity contribution in [1.82, 2.24) is 14.8 Å². The van der Waals surface area contributed by atoms with Crippen molar-refractivity contribution in [1.29, 1.82) is 0 Å². The zero-order valence-corrected chi connectivity index (χ0v) is 11.4. The molecule has 0 radical (unpaired) electrons. The predicted molar refractivity (Wildman–Crippen MR) is 64.5 cm³/mol. The quantitative estimate of drug-likeness (QED) is 0.847. The molecular formula is C10H18N4O3S. The number of nitrogens with two attached hydrogens (primary N) is 1. The van der Waals surface area contributed by atoms with Crippen molar-refractivity contribution < 1.29 is 13.2 Å². The Kier molecular flexibility index (Phi) is 3.69. The largest absolute Gasteiger partial charge is 0.378 e. The van der Waals surface area contributed by atoms with E-state index in [-0.39, 0.29) is 17.2 Å². The Morgan fingerprint density at radius 2 is 2.22 bits per heavy atom. The van der Waals surface area contributed by atoms with Gasteiger partial charge in [0.05, 0.1) is 6.10 Å². The average molecular weight is 274 g/mol. The zero-order valence-electron chi connectivity index (χ0n) is 10.5. The van der Waals surface area contributed by atoms with Gasteiger partial charge in [-0.05, 0) is 19.8 Å². The Hall–Kier alpha value is -0.990. The molecule has 1 saturated heterocycles. The molecule has 2 heterocycles. The lowest BCUT2D eigenvalue weighted by atomic mass is 10.0. The molecule has 102 valence electrons. The van der Waals surface area contributed by atoms with E-state index in [0.717, 1.165) is 12.8 Å². The minimum atomic E-state index is -3.83. The van der Waals surface area contributed by atoms with Crippen LogP contribution in [-0.2, 0) is 21.3 Å². The van der Waals surface area contributed by atoms with E-state index in [0.29, 0.717) is 19.0 Å². The monoisotopic (exact) mass is 274 g/mol. The Bertz CT molecular complexity index is 525. The van der Waals surface area contributed by atoms with Crippen LogP contribution in [-0.4, -0.2) is 35.9 Å². The number of rotatable bonds is 4. The van der Waals surface area contributed by atoms with E-state index in [2.05, 4.69) is 10.2 Å². The van der Waals surface area contributed by atoms with Gasteiger partial charge < -0.3 is 9.30 Å². The third-order valence-corrected chi connectivity index (χ3v) is 3.97. The summed E-state index contributed by atoms with van der Waals surface area (Å²) in [5.41, 5.74) is 0. The van der Waals surface area contributed by atoms with Gasteiger partial charge in [-0.15, -0.1) is 10.2 Å². The first kappa shape index (κ1) is 13.4. The van der Waals surface area contributed by atoms with Crippen LogP contribution in [0.4, 0.5) is 0 Å². The first-order valence-electron chi connectivity index (χ1n) is 6.02. The highest BCUT2D eigenvalue weighted by atomic mass is 32.2. The molecule has 2 unspecified atom stereocenters. The number of sulfonamides is 1. The smallest absolute Gasteiger partial charge is 0.273 e. The Morgan fingerprint density at radius 3 is 2.72 bits per heavy atom. The lowest BCUT2D eigenvalue weighted by molar-refractivity contribution is 0.116. The van der Waals surface area contributed by atoms with Crippen LogP contribution in [0.1, 0.15) is 38.4 Å². The number of hydrogen-bond acceptors (Lipinski definition) is 5. The Balaban J connectivity index is 2.45. The van der Waals surface area contributed by atoms with E-state index < -0.39 is 10.0 Å². The van der Waals surface area contributed by atoms with E-state index in [1.807, 2.05) is 13.8 Å². The van der Waals surface area contributed by atoms with Gasteiger partial charge >= 0.3 is 0 Å². The van der Waals surface area contributed by atoms with Crippen LogP contribution in [0.5, 0.6) is 0 Å². The summed E-state index contributed by atoms with van der Waals surface area (Å²) in [7, 11) is -3.83. The van der Waals surface area contributed by atoms with Crippen molar-refractivity contribution in [3.63, 3.8) is 0 Å². The van der Waals surface area contributed by atoms with E-state index in [4.69, 9.17) is 9.88 Å². The van der Waals surface area contributed by atoms with Crippen LogP contribution in [0.25, 0.3) is 0 Å². The maximum Gasteiger partial charge on any atom is 0.273 e. The second-order valence-corrected chi connectivity index (χ2v) is 5.96. The molecule has 7 nitrogen and oxygen atoms in total. The van der Waals surface area contributed by atoms with Crippen LogP contribution in [0.3, 0.4) is 0 Å². The van der Waals surface area contributed by atoms with Gasteiger partial charge in [0.25, 0.3) is 15.2 Å². The second-order valence-electron chi connectivity index (χ2n) is 4.51. The Labute approximate surface area is 106 Å². The normalized spacial score (nSPS) is 24.6. The molecule has 1 aliphatic rings. The number of primary sulfonamides is 1. The SMILES string of the molecule is CCCn1c(C2CCOC2C)nnc1S(N)(=O)=O. The van der Waals surface area contributed by atoms with E-state index in [9.17, 15) is 8.42 Å². The summed E-state index contributed by atoms with van der Waals surface area (Å²) in [6.45, 7) is 5.12. The standard InChI is InChI=1S/C10H18N4O3S/c1-3-5-14-9(8-4-6-17-7(8)2)12-13-10(14)18(11,15)16/h7-8H,3-6H2,1-2H3,(H2,11,15,16). The number of ether oxygens (including phenoxy) is 1.